The van der Waals surface area contributed by atoms with Crippen molar-refractivity contribution in [2.24, 2.45) is 10.2 Å². The number of rotatable bonds is 22. The predicted molar refractivity (Wildman–Crippen MR) is 230 cm³/mol. The summed E-state index contributed by atoms with van der Waals surface area (Å²) in [5, 5.41) is 24.7. The van der Waals surface area contributed by atoms with Crippen molar-refractivity contribution < 1.29 is 57.1 Å². The fourth-order valence-electron chi connectivity index (χ4n) is 3.94. The van der Waals surface area contributed by atoms with E-state index in [0.29, 0.717) is 28.2 Å². The number of carbonyl (C=O) groups excluding carboxylic acids is 5. The third-order valence-corrected chi connectivity index (χ3v) is 7.67. The van der Waals surface area contributed by atoms with Crippen molar-refractivity contribution in [1.29, 1.82) is 10.5 Å². The Morgan fingerprint density at radius 3 is 1.06 bits per heavy atom. The average Bonchev–Trinajstić information content (AvgIpc) is 3.23. The molecule has 2 aromatic rings. The summed E-state index contributed by atoms with van der Waals surface area (Å²) in [6, 6.07) is 19.6. The molecule has 0 N–H and O–H groups in total. The largest absolute Gasteiger partial charge is 0.490 e. The van der Waals surface area contributed by atoms with Crippen LogP contribution in [-0.2, 0) is 53.1 Å². The van der Waals surface area contributed by atoms with Crippen molar-refractivity contribution in [3.63, 3.8) is 0 Å². The molecular weight excluding hydrogens is 801 g/mol. The zero-order valence-corrected chi connectivity index (χ0v) is 37.6. The number of nitrogens with zero attached hydrogens (tertiary/aromatic N) is 4. The Kier molecular flexibility index (Phi) is 25.0. The number of ether oxygens (including phenoxy) is 7. The summed E-state index contributed by atoms with van der Waals surface area (Å²) in [5.74, 6) is -1.44. The monoisotopic (exact) mass is 860 g/mol. The molecule has 0 atom stereocenters. The summed E-state index contributed by atoms with van der Waals surface area (Å²) >= 11 is 0. The van der Waals surface area contributed by atoms with E-state index in [1.165, 1.54) is 0 Å². The Morgan fingerprint density at radius 1 is 0.500 bits per heavy atom. The van der Waals surface area contributed by atoms with Crippen LogP contribution in [0.4, 0.5) is 0 Å². The van der Waals surface area contributed by atoms with E-state index in [2.05, 4.69) is 48.5 Å². The molecule has 0 heterocycles. The van der Waals surface area contributed by atoms with Crippen molar-refractivity contribution in [2.75, 3.05) is 52.9 Å². The summed E-state index contributed by atoms with van der Waals surface area (Å²) in [5.41, 5.74) is 1.40. The molecule has 0 bridgehead atoms. The van der Waals surface area contributed by atoms with Gasteiger partial charge in [-0.15, -0.1) is 0 Å². The zero-order valence-electron chi connectivity index (χ0n) is 37.6. The van der Waals surface area contributed by atoms with E-state index in [1.54, 1.807) is 48.5 Å². The van der Waals surface area contributed by atoms with Crippen molar-refractivity contribution in [2.45, 2.75) is 85.7 Å². The highest BCUT2D eigenvalue weighted by Gasteiger charge is 2.23. The molecule has 0 unspecified atom stereocenters. The molecule has 2 rings (SSSR count). The number of benzene rings is 2. The van der Waals surface area contributed by atoms with Crippen LogP contribution >= 0.6 is 0 Å². The van der Waals surface area contributed by atoms with Gasteiger partial charge in [0.15, 0.2) is 11.1 Å². The summed E-state index contributed by atoms with van der Waals surface area (Å²) in [6.07, 6.45) is 0. The van der Waals surface area contributed by atoms with Crippen LogP contribution in [0.15, 0.2) is 95.2 Å². The number of azo groups is 1. The van der Waals surface area contributed by atoms with Gasteiger partial charge >= 0.3 is 23.9 Å². The number of hydrogen-bond donors (Lipinski definition) is 0. The maximum absolute atomic E-state index is 11.4. The standard InChI is InChI=1S/C27H32O6.C11H16O6.C8H12N4/c1-19(2)25(28)32-17-15-30-23-11-7-21(8-12-23)27(5,6)22-9-13-24(14-10-22)31-16-18-33-26(29)20(3)4;1-8(2)10(13)16-6-4-15-5-7-17-11(14)9(3)12;1-7(2,5-9)11-12-8(3,4)6-10/h7-14H,1,3,15-18H2,2,4-6H3;1,4-7H2,2-3H3;1-4H3. The van der Waals surface area contributed by atoms with Gasteiger partial charge < -0.3 is 33.2 Å². The van der Waals surface area contributed by atoms with Gasteiger partial charge in [-0.2, -0.15) is 20.8 Å². The highest BCUT2D eigenvalue weighted by molar-refractivity contribution is 6.32. The highest BCUT2D eigenvalue weighted by Crippen LogP contribution is 2.33. The van der Waals surface area contributed by atoms with E-state index in [-0.39, 0.29) is 58.3 Å². The molecule has 0 saturated carbocycles. The Balaban J connectivity index is 0.00000107. The Labute approximate surface area is 365 Å². The van der Waals surface area contributed by atoms with Gasteiger partial charge in [0, 0.05) is 29.1 Å². The Hall–Kier alpha value is -6.65. The van der Waals surface area contributed by atoms with E-state index < -0.39 is 40.7 Å². The quantitative estimate of drug-likeness (QED) is 0.0283. The van der Waals surface area contributed by atoms with Crippen LogP contribution in [0, 0.1) is 22.7 Å². The third kappa shape index (κ3) is 23.8. The van der Waals surface area contributed by atoms with Crippen LogP contribution in [0.25, 0.3) is 0 Å². The van der Waals surface area contributed by atoms with Crippen molar-refractivity contribution in [3.8, 4) is 23.6 Å². The average molecular weight is 861 g/mol. The lowest BCUT2D eigenvalue weighted by Gasteiger charge is -2.26. The highest BCUT2D eigenvalue weighted by atomic mass is 16.6. The smallest absolute Gasteiger partial charge is 0.374 e. The SMILES string of the molecule is C=C(C)C(=O)OCCOCCOC(=O)C(C)=O.C=C(C)C(=O)OCCOc1ccc(C(C)(C)c2ccc(OCCOC(=O)C(=C)C)cc2)cc1.CC(C)(C#N)N=NC(C)(C)C#N. The number of ketones is 1. The van der Waals surface area contributed by atoms with Gasteiger partial charge in [0.1, 0.15) is 51.1 Å². The minimum absolute atomic E-state index is 0.00710. The fourth-order valence-corrected chi connectivity index (χ4v) is 3.94. The number of Topliss-reactive ketones (excluding diaryl/α,β-unsaturated/α-hetero) is 1. The van der Waals surface area contributed by atoms with E-state index in [4.69, 9.17) is 38.9 Å². The minimum atomic E-state index is -0.887. The molecule has 336 valence electrons. The van der Waals surface area contributed by atoms with Crippen LogP contribution in [0.5, 0.6) is 11.5 Å². The first-order valence-electron chi connectivity index (χ1n) is 19.4. The van der Waals surface area contributed by atoms with Crippen LogP contribution in [-0.4, -0.2) is 93.6 Å². The van der Waals surface area contributed by atoms with Crippen molar-refractivity contribution in [3.05, 3.63) is 96.1 Å². The minimum Gasteiger partial charge on any atom is -0.490 e. The van der Waals surface area contributed by atoms with Crippen LogP contribution < -0.4 is 9.47 Å². The maximum Gasteiger partial charge on any atom is 0.374 e. The topological polar surface area (TPSA) is 222 Å². The van der Waals surface area contributed by atoms with Crippen LogP contribution in [0.3, 0.4) is 0 Å². The first-order valence-corrected chi connectivity index (χ1v) is 19.4. The number of hydrogen-bond acceptors (Lipinski definition) is 16. The molecule has 62 heavy (non-hydrogen) atoms. The second-order valence-corrected chi connectivity index (χ2v) is 15.0. The van der Waals surface area contributed by atoms with Gasteiger partial charge in [0.05, 0.1) is 25.4 Å². The van der Waals surface area contributed by atoms with Gasteiger partial charge in [0.2, 0.25) is 5.78 Å². The molecule has 0 aliphatic heterocycles. The van der Waals surface area contributed by atoms with E-state index >= 15 is 0 Å². The normalized spacial score (nSPS) is 10.8. The summed E-state index contributed by atoms with van der Waals surface area (Å²) in [4.78, 5) is 54.8. The molecule has 0 aliphatic carbocycles. The Bertz CT molecular complexity index is 1810. The lowest BCUT2D eigenvalue weighted by Crippen LogP contribution is -2.19. The molecule has 0 fully saturated rings. The molecule has 0 radical (unpaired) electrons. The van der Waals surface area contributed by atoms with Gasteiger partial charge in [-0.05, 0) is 83.9 Å². The first-order chi connectivity index (χ1) is 28.9. The summed E-state index contributed by atoms with van der Waals surface area (Å²) in [7, 11) is 0. The summed E-state index contributed by atoms with van der Waals surface area (Å²) in [6.45, 7) is 28.6. The number of carbonyl (C=O) groups is 5. The maximum atomic E-state index is 11.4. The molecular formula is C46H60N4O12. The van der Waals surface area contributed by atoms with Crippen LogP contribution in [0.1, 0.15) is 80.4 Å². The van der Waals surface area contributed by atoms with Crippen molar-refractivity contribution in [1.82, 2.24) is 0 Å². The molecule has 2 aromatic carbocycles. The zero-order chi connectivity index (χ0) is 47.5. The van der Waals surface area contributed by atoms with Gasteiger partial charge in [-0.3, -0.25) is 4.79 Å². The number of nitriles is 2. The number of esters is 4. The first kappa shape index (κ1) is 55.4. The molecule has 0 amide bonds. The predicted octanol–water partition coefficient (Wildman–Crippen LogP) is 7.31. The second-order valence-electron chi connectivity index (χ2n) is 15.0. The van der Waals surface area contributed by atoms with E-state index in [9.17, 15) is 24.0 Å². The van der Waals surface area contributed by atoms with Gasteiger partial charge in [-0.25, -0.2) is 19.2 Å². The Morgan fingerprint density at radius 2 is 0.790 bits per heavy atom. The molecule has 16 nitrogen and oxygen atoms in total. The second kappa shape index (κ2) is 28.0. The van der Waals surface area contributed by atoms with Gasteiger partial charge in [-0.1, -0.05) is 57.8 Å². The third-order valence-electron chi connectivity index (χ3n) is 7.67. The molecule has 0 spiro atoms. The van der Waals surface area contributed by atoms with Gasteiger partial charge in [0.25, 0.3) is 0 Å². The fraction of sp³-hybridized carbons (Fsp3) is 0.457. The van der Waals surface area contributed by atoms with Crippen LogP contribution in [0.2, 0.25) is 0 Å². The molecule has 0 aromatic heterocycles. The van der Waals surface area contributed by atoms with E-state index in [0.717, 1.165) is 18.1 Å². The van der Waals surface area contributed by atoms with E-state index in [1.807, 2.05) is 60.7 Å². The molecule has 0 saturated heterocycles. The lowest BCUT2D eigenvalue weighted by atomic mass is 9.78. The van der Waals surface area contributed by atoms with Crippen molar-refractivity contribution >= 4 is 29.7 Å². The lowest BCUT2D eigenvalue weighted by molar-refractivity contribution is -0.154. The molecule has 16 heteroatoms. The summed E-state index contributed by atoms with van der Waals surface area (Å²) < 4.78 is 35.6. The molecule has 0 aliphatic rings.